The minimum atomic E-state index is -0.661. The van der Waals surface area contributed by atoms with Gasteiger partial charge in [0.25, 0.3) is 0 Å². The Morgan fingerprint density at radius 2 is 0.547 bits per heavy atom. The third-order valence-corrected chi connectivity index (χ3v) is 19.1. The van der Waals surface area contributed by atoms with Gasteiger partial charge in [-0.2, -0.15) is 0 Å². The zero-order valence-electron chi connectivity index (χ0n) is 58.8. The Bertz CT molecular complexity index is 1300. The van der Waals surface area contributed by atoms with Crippen molar-refractivity contribution in [1.82, 2.24) is 5.32 Å². The standard InChI is InChI=1S/C80H157NO5/c1-3-5-7-9-11-13-15-17-19-40-44-48-52-56-60-64-68-72-78(83)77(76-82)81-79(84)73-69-65-61-57-53-49-45-42-38-36-34-32-30-28-26-24-22-21-23-25-27-29-31-33-35-37-39-43-47-51-55-59-63-67-71-75-86-80(85)74-70-66-62-58-54-50-46-41-20-18-16-14-12-10-8-6-4-2/h23,25,77-78,82-83H,3-22,24,26-76H2,1-2H3,(H,81,84)/b25-23-. The number of allylic oxidation sites excluding steroid dienone is 2. The second-order valence-corrected chi connectivity index (χ2v) is 27.8. The van der Waals surface area contributed by atoms with Gasteiger partial charge < -0.3 is 20.3 Å². The van der Waals surface area contributed by atoms with Crippen molar-refractivity contribution in [2.75, 3.05) is 13.2 Å². The van der Waals surface area contributed by atoms with Crippen LogP contribution in [0.15, 0.2) is 12.2 Å². The quantitative estimate of drug-likeness (QED) is 0.0320. The van der Waals surface area contributed by atoms with Crippen molar-refractivity contribution in [3.05, 3.63) is 12.2 Å². The number of unbranched alkanes of at least 4 members (excludes halogenated alkanes) is 63. The fraction of sp³-hybridized carbons (Fsp3) is 0.950. The average molecular weight is 1210 g/mol. The summed E-state index contributed by atoms with van der Waals surface area (Å²) in [6, 6.07) is -0.538. The van der Waals surface area contributed by atoms with Gasteiger partial charge in [-0.1, -0.05) is 411 Å². The molecule has 0 saturated carbocycles. The second kappa shape index (κ2) is 76.1. The number of esters is 1. The molecule has 0 bridgehead atoms. The number of carbonyl (C=O) groups is 2. The fourth-order valence-electron chi connectivity index (χ4n) is 13.0. The fourth-order valence-corrected chi connectivity index (χ4v) is 13.0. The molecule has 0 aromatic carbocycles. The van der Waals surface area contributed by atoms with Crippen LogP contribution in [0.4, 0.5) is 0 Å². The Labute approximate surface area is 539 Å². The van der Waals surface area contributed by atoms with Crippen LogP contribution in [0.3, 0.4) is 0 Å². The number of amides is 1. The highest BCUT2D eigenvalue weighted by Gasteiger charge is 2.20. The van der Waals surface area contributed by atoms with Crippen molar-refractivity contribution in [2.24, 2.45) is 0 Å². The molecule has 0 spiro atoms. The monoisotopic (exact) mass is 1210 g/mol. The number of ether oxygens (including phenoxy) is 1. The van der Waals surface area contributed by atoms with Crippen molar-refractivity contribution in [3.8, 4) is 0 Å². The van der Waals surface area contributed by atoms with Gasteiger partial charge in [-0.15, -0.1) is 0 Å². The zero-order chi connectivity index (χ0) is 62.0. The maximum Gasteiger partial charge on any atom is 0.305 e. The predicted octanol–water partition coefficient (Wildman–Crippen LogP) is 26.3. The van der Waals surface area contributed by atoms with Gasteiger partial charge in [-0.3, -0.25) is 9.59 Å². The SMILES string of the molecule is CCCCCCCCCCCCCCCCCCCC(=O)OCCCCCCCCCCCCCCCC/C=C\CCCCCCCCCCCCCCCCCCCC(=O)NC(CO)C(O)CCCCCCCCCCCCCCCCCCC. The molecule has 1 amide bonds. The lowest BCUT2D eigenvalue weighted by Crippen LogP contribution is -2.45. The number of aliphatic hydroxyl groups excluding tert-OH is 2. The molecule has 0 fully saturated rings. The molecule has 0 aromatic rings. The summed E-state index contributed by atoms with van der Waals surface area (Å²) in [5.41, 5.74) is 0. The first-order valence-electron chi connectivity index (χ1n) is 39.9. The number of hydrogen-bond acceptors (Lipinski definition) is 5. The molecule has 0 aromatic heterocycles. The molecule has 2 unspecified atom stereocenters. The molecule has 6 heteroatoms. The average Bonchev–Trinajstić information content (AvgIpc) is 3.59. The van der Waals surface area contributed by atoms with E-state index in [0.29, 0.717) is 25.9 Å². The number of aliphatic hydroxyl groups is 2. The lowest BCUT2D eigenvalue weighted by molar-refractivity contribution is -0.143. The van der Waals surface area contributed by atoms with Gasteiger partial charge in [0.05, 0.1) is 25.4 Å². The van der Waals surface area contributed by atoms with Crippen LogP contribution < -0.4 is 5.32 Å². The van der Waals surface area contributed by atoms with E-state index in [9.17, 15) is 19.8 Å². The molecular weight excluding hydrogens is 1050 g/mol. The van der Waals surface area contributed by atoms with Gasteiger partial charge >= 0.3 is 5.97 Å². The summed E-state index contributed by atoms with van der Waals surface area (Å²) in [4.78, 5) is 24.7. The molecule has 2 atom stereocenters. The van der Waals surface area contributed by atoms with E-state index in [0.717, 1.165) is 38.5 Å². The molecule has 6 nitrogen and oxygen atoms in total. The second-order valence-electron chi connectivity index (χ2n) is 27.8. The number of hydrogen-bond donors (Lipinski definition) is 3. The number of nitrogens with one attached hydrogen (secondary N) is 1. The highest BCUT2D eigenvalue weighted by Crippen LogP contribution is 2.20. The maximum atomic E-state index is 12.5. The van der Waals surface area contributed by atoms with Gasteiger partial charge in [-0.25, -0.2) is 0 Å². The van der Waals surface area contributed by atoms with Crippen LogP contribution in [-0.4, -0.2) is 47.4 Å². The van der Waals surface area contributed by atoms with Gasteiger partial charge in [0.1, 0.15) is 0 Å². The molecule has 0 aliphatic carbocycles. The van der Waals surface area contributed by atoms with Gasteiger partial charge in [0.15, 0.2) is 0 Å². The summed E-state index contributed by atoms with van der Waals surface area (Å²) in [6.07, 6.45) is 96.0. The Hall–Kier alpha value is -1.40. The van der Waals surface area contributed by atoms with Gasteiger partial charge in [0.2, 0.25) is 5.91 Å². The predicted molar refractivity (Wildman–Crippen MR) is 380 cm³/mol. The molecule has 0 saturated heterocycles. The Balaban J connectivity index is 3.32. The first-order valence-corrected chi connectivity index (χ1v) is 39.9. The first kappa shape index (κ1) is 84.6. The van der Waals surface area contributed by atoms with Crippen molar-refractivity contribution in [2.45, 2.75) is 475 Å². The van der Waals surface area contributed by atoms with Crippen LogP contribution in [0.5, 0.6) is 0 Å². The van der Waals surface area contributed by atoms with Crippen molar-refractivity contribution >= 4 is 11.9 Å². The molecule has 3 N–H and O–H groups in total. The minimum Gasteiger partial charge on any atom is -0.466 e. The van der Waals surface area contributed by atoms with E-state index < -0.39 is 12.1 Å². The van der Waals surface area contributed by atoms with Crippen LogP contribution in [0, 0.1) is 0 Å². The molecule has 0 rings (SSSR count). The molecule has 0 aliphatic heterocycles. The molecular formula is C80H157NO5. The van der Waals surface area contributed by atoms with Crippen molar-refractivity contribution in [3.63, 3.8) is 0 Å². The largest absolute Gasteiger partial charge is 0.466 e. The molecule has 512 valence electrons. The van der Waals surface area contributed by atoms with Gasteiger partial charge in [0, 0.05) is 12.8 Å². The Morgan fingerprint density at radius 1 is 0.314 bits per heavy atom. The van der Waals surface area contributed by atoms with E-state index in [1.165, 1.54) is 392 Å². The summed E-state index contributed by atoms with van der Waals surface area (Å²) in [7, 11) is 0. The summed E-state index contributed by atoms with van der Waals surface area (Å²) < 4.78 is 5.52. The highest BCUT2D eigenvalue weighted by atomic mass is 16.5. The summed E-state index contributed by atoms with van der Waals surface area (Å²) in [6.45, 7) is 5.01. The van der Waals surface area contributed by atoms with E-state index in [1.54, 1.807) is 0 Å². The summed E-state index contributed by atoms with van der Waals surface area (Å²) >= 11 is 0. The van der Waals surface area contributed by atoms with Crippen LogP contribution >= 0.6 is 0 Å². The molecule has 0 radical (unpaired) electrons. The molecule has 0 aliphatic rings. The van der Waals surface area contributed by atoms with E-state index in [2.05, 4.69) is 31.3 Å². The number of carbonyl (C=O) groups excluding carboxylic acids is 2. The maximum absolute atomic E-state index is 12.5. The number of rotatable bonds is 76. The Kier molecular flexibility index (Phi) is 74.8. The molecule has 86 heavy (non-hydrogen) atoms. The highest BCUT2D eigenvalue weighted by molar-refractivity contribution is 5.76. The Morgan fingerprint density at radius 3 is 0.826 bits per heavy atom. The zero-order valence-corrected chi connectivity index (χ0v) is 58.8. The molecule has 0 heterocycles. The normalized spacial score (nSPS) is 12.5. The smallest absolute Gasteiger partial charge is 0.305 e. The third kappa shape index (κ3) is 71.7. The summed E-state index contributed by atoms with van der Waals surface area (Å²) in [5.74, 6) is -0.00132. The van der Waals surface area contributed by atoms with Gasteiger partial charge in [-0.05, 0) is 51.4 Å². The lowest BCUT2D eigenvalue weighted by atomic mass is 10.0. The van der Waals surface area contributed by atoms with E-state index >= 15 is 0 Å². The van der Waals surface area contributed by atoms with Crippen LogP contribution in [0.2, 0.25) is 0 Å². The third-order valence-electron chi connectivity index (χ3n) is 19.1. The summed E-state index contributed by atoms with van der Waals surface area (Å²) in [5, 5.41) is 23.4. The lowest BCUT2D eigenvalue weighted by Gasteiger charge is -2.22. The van der Waals surface area contributed by atoms with Crippen molar-refractivity contribution < 1.29 is 24.5 Å². The van der Waals surface area contributed by atoms with Crippen LogP contribution in [0.25, 0.3) is 0 Å². The first-order chi connectivity index (χ1) is 42.5. The van der Waals surface area contributed by atoms with E-state index in [-0.39, 0.29) is 18.5 Å². The van der Waals surface area contributed by atoms with Crippen LogP contribution in [-0.2, 0) is 14.3 Å². The minimum absolute atomic E-state index is 0.0254. The van der Waals surface area contributed by atoms with Crippen molar-refractivity contribution in [1.29, 1.82) is 0 Å². The van der Waals surface area contributed by atoms with Crippen LogP contribution in [0.1, 0.15) is 463 Å². The topological polar surface area (TPSA) is 95.9 Å². The van der Waals surface area contributed by atoms with E-state index in [1.807, 2.05) is 0 Å². The van der Waals surface area contributed by atoms with E-state index in [4.69, 9.17) is 4.74 Å².